The average Bonchev–Trinajstić information content (AvgIpc) is 3.33. The number of fused-ring (bicyclic) bond motifs is 1. The molecule has 0 saturated heterocycles. The van der Waals surface area contributed by atoms with Crippen LogP contribution in [0.5, 0.6) is 0 Å². The van der Waals surface area contributed by atoms with E-state index in [1.807, 2.05) is 59.3 Å². The summed E-state index contributed by atoms with van der Waals surface area (Å²) in [5.74, 6) is 0.483. The van der Waals surface area contributed by atoms with Gasteiger partial charge in [-0.15, -0.1) is 0 Å². The number of hydrogen-bond donors (Lipinski definition) is 2. The number of amides is 1. The molecule has 0 bridgehead atoms. The van der Waals surface area contributed by atoms with Crippen LogP contribution in [-0.2, 0) is 22.8 Å². The van der Waals surface area contributed by atoms with Gasteiger partial charge in [0, 0.05) is 31.6 Å². The Morgan fingerprint density at radius 3 is 2.70 bits per heavy atom. The standard InChI is InChI=1S/C32H41ClN6O3Si/c1-32(37-31(40)42-21-23-11-6-5-7-12-23)16-10-13-24(19-32)35-30-34-20-26(33)28(36-30)29-25-14-8-9-15-27(25)38-39(29)22-41-17-18-43(2,3)4/h5-9,11-12,14-15,20,24H,10,13,16-19,21-22H2,1-4H3,(H,37,40)(H,34,35,36)/t24-,32+/m1/s1. The minimum Gasteiger partial charge on any atom is -0.445 e. The molecule has 2 aromatic carbocycles. The van der Waals surface area contributed by atoms with Gasteiger partial charge in [-0.1, -0.05) is 79.8 Å². The van der Waals surface area contributed by atoms with Crippen LogP contribution in [0.15, 0.2) is 60.8 Å². The molecule has 1 aliphatic carbocycles. The maximum Gasteiger partial charge on any atom is 0.407 e. The fraction of sp³-hybridized carbons (Fsp3) is 0.438. The Hall–Kier alpha value is -3.47. The van der Waals surface area contributed by atoms with E-state index in [2.05, 4.69) is 42.2 Å². The number of hydrogen-bond acceptors (Lipinski definition) is 7. The Labute approximate surface area is 259 Å². The molecule has 1 fully saturated rings. The van der Waals surface area contributed by atoms with E-state index in [1.165, 1.54) is 0 Å². The van der Waals surface area contributed by atoms with Crippen LogP contribution in [0.25, 0.3) is 22.3 Å². The second-order valence-electron chi connectivity index (χ2n) is 12.8. The van der Waals surface area contributed by atoms with Crippen LogP contribution in [-0.4, -0.2) is 52.1 Å². The monoisotopic (exact) mass is 620 g/mol. The highest BCUT2D eigenvalue weighted by Crippen LogP contribution is 2.34. The van der Waals surface area contributed by atoms with Gasteiger partial charge >= 0.3 is 6.09 Å². The molecule has 0 aliphatic heterocycles. The van der Waals surface area contributed by atoms with Crippen molar-refractivity contribution in [1.29, 1.82) is 0 Å². The van der Waals surface area contributed by atoms with Crippen LogP contribution in [0.4, 0.5) is 10.7 Å². The number of benzene rings is 2. The topological polar surface area (TPSA) is 103 Å². The van der Waals surface area contributed by atoms with E-state index in [-0.39, 0.29) is 12.6 Å². The smallest absolute Gasteiger partial charge is 0.407 e. The fourth-order valence-electron chi connectivity index (χ4n) is 5.47. The molecule has 4 aromatic rings. The highest BCUT2D eigenvalue weighted by Gasteiger charge is 2.34. The zero-order valence-corrected chi connectivity index (χ0v) is 27.2. The second-order valence-corrected chi connectivity index (χ2v) is 18.8. The first kappa shape index (κ1) is 31.0. The molecular weight excluding hydrogens is 580 g/mol. The van der Waals surface area contributed by atoms with Crippen molar-refractivity contribution < 1.29 is 14.3 Å². The number of ether oxygens (including phenoxy) is 2. The third kappa shape index (κ3) is 8.34. The van der Waals surface area contributed by atoms with Crippen LogP contribution in [0, 0.1) is 0 Å². The predicted octanol–water partition coefficient (Wildman–Crippen LogP) is 7.50. The summed E-state index contributed by atoms with van der Waals surface area (Å²) in [7, 11) is -1.22. The number of alkyl carbamates (subject to hydrolysis) is 1. The molecule has 228 valence electrons. The molecule has 0 spiro atoms. The first-order valence-electron chi connectivity index (χ1n) is 14.9. The highest BCUT2D eigenvalue weighted by molar-refractivity contribution is 6.76. The molecule has 2 N–H and O–H groups in total. The highest BCUT2D eigenvalue weighted by atomic mass is 35.5. The summed E-state index contributed by atoms with van der Waals surface area (Å²) in [5.41, 5.74) is 2.79. The summed E-state index contributed by atoms with van der Waals surface area (Å²) in [6.07, 6.45) is 4.67. The minimum absolute atomic E-state index is 0.0637. The lowest BCUT2D eigenvalue weighted by molar-refractivity contribution is 0.0802. The van der Waals surface area contributed by atoms with E-state index in [0.717, 1.165) is 47.5 Å². The van der Waals surface area contributed by atoms with Crippen LogP contribution in [0.1, 0.15) is 38.2 Å². The number of nitrogens with zero attached hydrogens (tertiary/aromatic N) is 4. The quantitative estimate of drug-likeness (QED) is 0.132. The van der Waals surface area contributed by atoms with E-state index in [9.17, 15) is 4.79 Å². The molecular formula is C32H41ClN6O3Si. The Morgan fingerprint density at radius 1 is 1.14 bits per heavy atom. The van der Waals surface area contributed by atoms with Crippen LogP contribution < -0.4 is 10.6 Å². The number of carbonyl (C=O) groups is 1. The van der Waals surface area contributed by atoms with Gasteiger partial charge in [-0.25, -0.2) is 19.4 Å². The van der Waals surface area contributed by atoms with Gasteiger partial charge < -0.3 is 20.1 Å². The van der Waals surface area contributed by atoms with Crippen molar-refractivity contribution in [1.82, 2.24) is 25.1 Å². The lowest BCUT2D eigenvalue weighted by atomic mass is 9.80. The molecule has 0 radical (unpaired) electrons. The number of rotatable bonds is 11. The first-order valence-corrected chi connectivity index (χ1v) is 19.0. The summed E-state index contributed by atoms with van der Waals surface area (Å²) >= 11 is 6.71. The maximum absolute atomic E-state index is 12.6. The fourth-order valence-corrected chi connectivity index (χ4v) is 6.40. The number of carbonyl (C=O) groups excluding carboxylic acids is 1. The molecule has 2 aromatic heterocycles. The van der Waals surface area contributed by atoms with Crippen molar-refractivity contribution in [2.75, 3.05) is 11.9 Å². The van der Waals surface area contributed by atoms with Gasteiger partial charge in [0.2, 0.25) is 5.95 Å². The molecule has 1 amide bonds. The van der Waals surface area contributed by atoms with Gasteiger partial charge in [-0.2, -0.15) is 5.10 Å². The number of halogens is 1. The van der Waals surface area contributed by atoms with Gasteiger partial charge in [0.1, 0.15) is 19.0 Å². The lowest BCUT2D eigenvalue weighted by Crippen LogP contribution is -2.51. The zero-order valence-electron chi connectivity index (χ0n) is 25.4. The zero-order chi connectivity index (χ0) is 30.5. The second kappa shape index (κ2) is 13.4. The van der Waals surface area contributed by atoms with E-state index in [0.29, 0.717) is 36.4 Å². The van der Waals surface area contributed by atoms with Crippen molar-refractivity contribution >= 4 is 42.6 Å². The lowest BCUT2D eigenvalue weighted by Gasteiger charge is -2.38. The Bertz CT molecular complexity index is 1540. The van der Waals surface area contributed by atoms with Gasteiger partial charge in [0.15, 0.2) is 0 Å². The van der Waals surface area contributed by atoms with Crippen LogP contribution in [0.3, 0.4) is 0 Å². The SMILES string of the molecule is C[C@]1(NC(=O)OCc2ccccc2)CCC[C@@H](Nc2ncc(Cl)c(-c3c4ccccc4nn3COCC[Si](C)(C)C)n2)C1. The summed E-state index contributed by atoms with van der Waals surface area (Å²) < 4.78 is 13.4. The molecule has 5 rings (SSSR count). The Balaban J connectivity index is 1.29. The molecule has 1 saturated carbocycles. The molecule has 43 heavy (non-hydrogen) atoms. The molecule has 1 aliphatic rings. The number of anilines is 1. The summed E-state index contributed by atoms with van der Waals surface area (Å²) in [6, 6.07) is 18.8. The Morgan fingerprint density at radius 2 is 1.91 bits per heavy atom. The van der Waals surface area contributed by atoms with Gasteiger partial charge in [-0.05, 0) is 50.3 Å². The summed E-state index contributed by atoms with van der Waals surface area (Å²) in [4.78, 5) is 22.0. The van der Waals surface area contributed by atoms with Gasteiger partial charge in [0.05, 0.1) is 22.4 Å². The molecule has 11 heteroatoms. The molecule has 0 unspecified atom stereocenters. The van der Waals surface area contributed by atoms with Crippen molar-refractivity contribution in [3.63, 3.8) is 0 Å². The average molecular weight is 621 g/mol. The molecule has 2 atom stereocenters. The largest absolute Gasteiger partial charge is 0.445 e. The van der Waals surface area contributed by atoms with Crippen molar-refractivity contribution in [3.8, 4) is 11.4 Å². The maximum atomic E-state index is 12.6. The molecule has 2 heterocycles. The summed E-state index contributed by atoms with van der Waals surface area (Å²) in [5, 5.41) is 12.8. The van der Waals surface area contributed by atoms with E-state index < -0.39 is 19.7 Å². The normalized spacial score (nSPS) is 18.9. The van der Waals surface area contributed by atoms with E-state index >= 15 is 0 Å². The number of aromatic nitrogens is 4. The van der Waals surface area contributed by atoms with Crippen LogP contribution in [0.2, 0.25) is 30.7 Å². The predicted molar refractivity (Wildman–Crippen MR) is 174 cm³/mol. The van der Waals surface area contributed by atoms with Crippen molar-refractivity contribution in [2.45, 2.75) is 83.2 Å². The van der Waals surface area contributed by atoms with Crippen LogP contribution >= 0.6 is 11.6 Å². The van der Waals surface area contributed by atoms with Gasteiger partial charge in [0.25, 0.3) is 0 Å². The number of nitrogens with one attached hydrogen (secondary N) is 2. The van der Waals surface area contributed by atoms with Crippen molar-refractivity contribution in [3.05, 3.63) is 71.4 Å². The third-order valence-corrected chi connectivity index (χ3v) is 9.73. The molecule has 9 nitrogen and oxygen atoms in total. The third-order valence-electron chi connectivity index (χ3n) is 7.75. The van der Waals surface area contributed by atoms with Gasteiger partial charge in [-0.3, -0.25) is 0 Å². The minimum atomic E-state index is -1.22. The van der Waals surface area contributed by atoms with Crippen molar-refractivity contribution in [2.24, 2.45) is 0 Å². The van der Waals surface area contributed by atoms with E-state index in [1.54, 1.807) is 6.20 Å². The summed E-state index contributed by atoms with van der Waals surface area (Å²) in [6.45, 7) is 10.3. The van der Waals surface area contributed by atoms with E-state index in [4.69, 9.17) is 31.2 Å². The first-order chi connectivity index (χ1) is 20.6. The Kier molecular flexibility index (Phi) is 9.68.